The topological polar surface area (TPSA) is 49.8 Å². The van der Waals surface area contributed by atoms with Crippen molar-refractivity contribution in [3.63, 3.8) is 0 Å². The van der Waals surface area contributed by atoms with E-state index in [-0.39, 0.29) is 12.5 Å². The average Bonchev–Trinajstić information content (AvgIpc) is 2.48. The van der Waals surface area contributed by atoms with E-state index in [0.717, 1.165) is 38.1 Å². The lowest BCUT2D eigenvalue weighted by Gasteiger charge is -2.32. The number of hydrogen-bond donors (Lipinski definition) is 1. The van der Waals surface area contributed by atoms with Gasteiger partial charge in [-0.05, 0) is 56.4 Å². The molecule has 110 valence electrons. The third-order valence-corrected chi connectivity index (χ3v) is 3.76. The molecule has 1 aliphatic heterocycles. The Morgan fingerprint density at radius 2 is 2.15 bits per heavy atom. The Morgan fingerprint density at radius 3 is 2.80 bits per heavy atom. The minimum Gasteiger partial charge on any atom is -0.494 e. The summed E-state index contributed by atoms with van der Waals surface area (Å²) in [5, 5.41) is 9.02. The maximum Gasteiger partial charge on any atom is 0.253 e. The summed E-state index contributed by atoms with van der Waals surface area (Å²) in [7, 11) is 0. The monoisotopic (exact) mass is 277 g/mol. The highest BCUT2D eigenvalue weighted by molar-refractivity contribution is 5.94. The van der Waals surface area contributed by atoms with Gasteiger partial charge in [-0.1, -0.05) is 0 Å². The quantitative estimate of drug-likeness (QED) is 0.898. The van der Waals surface area contributed by atoms with Crippen molar-refractivity contribution in [3.8, 4) is 5.75 Å². The zero-order valence-corrected chi connectivity index (χ0v) is 12.0. The lowest BCUT2D eigenvalue weighted by atomic mass is 9.94. The van der Waals surface area contributed by atoms with Crippen LogP contribution in [-0.4, -0.2) is 42.2 Å². The predicted octanol–water partition coefficient (Wildman–Crippen LogP) is 2.32. The summed E-state index contributed by atoms with van der Waals surface area (Å²) in [5.74, 6) is 1.30. The fourth-order valence-corrected chi connectivity index (χ4v) is 2.71. The van der Waals surface area contributed by atoms with Crippen LogP contribution in [0.25, 0.3) is 0 Å². The molecule has 1 N–H and O–H groups in total. The van der Waals surface area contributed by atoms with Gasteiger partial charge in [0.2, 0.25) is 0 Å². The standard InChI is InChI=1S/C16H23NO3/c1-2-20-15-7-5-14(6-8-15)16(19)17-10-3-4-13(12-17)9-11-18/h5-8,13,18H,2-4,9-12H2,1H3. The van der Waals surface area contributed by atoms with Crippen molar-refractivity contribution >= 4 is 5.91 Å². The first-order valence-electron chi connectivity index (χ1n) is 7.37. The number of benzene rings is 1. The van der Waals surface area contributed by atoms with Crippen molar-refractivity contribution in [3.05, 3.63) is 29.8 Å². The Balaban J connectivity index is 1.99. The van der Waals surface area contributed by atoms with Gasteiger partial charge in [0, 0.05) is 25.3 Å². The van der Waals surface area contributed by atoms with Crippen LogP contribution in [-0.2, 0) is 0 Å². The molecule has 4 nitrogen and oxygen atoms in total. The van der Waals surface area contributed by atoms with E-state index in [1.54, 1.807) is 0 Å². The summed E-state index contributed by atoms with van der Waals surface area (Å²) < 4.78 is 5.38. The maximum atomic E-state index is 12.4. The van der Waals surface area contributed by atoms with Crippen molar-refractivity contribution in [2.45, 2.75) is 26.2 Å². The van der Waals surface area contributed by atoms with Crippen molar-refractivity contribution in [2.24, 2.45) is 5.92 Å². The smallest absolute Gasteiger partial charge is 0.253 e. The minimum atomic E-state index is 0.0793. The number of likely N-dealkylation sites (tertiary alicyclic amines) is 1. The number of amides is 1. The fraction of sp³-hybridized carbons (Fsp3) is 0.562. The van der Waals surface area contributed by atoms with Gasteiger partial charge >= 0.3 is 0 Å². The SMILES string of the molecule is CCOc1ccc(C(=O)N2CCCC(CCO)C2)cc1. The van der Waals surface area contributed by atoms with E-state index in [1.165, 1.54) is 0 Å². The van der Waals surface area contributed by atoms with Gasteiger partial charge in [0.15, 0.2) is 0 Å². The Bertz CT molecular complexity index is 428. The van der Waals surface area contributed by atoms with E-state index in [1.807, 2.05) is 36.1 Å². The summed E-state index contributed by atoms with van der Waals surface area (Å²) in [5.41, 5.74) is 0.707. The van der Waals surface area contributed by atoms with E-state index in [0.29, 0.717) is 18.1 Å². The Morgan fingerprint density at radius 1 is 1.40 bits per heavy atom. The number of carbonyl (C=O) groups is 1. The molecule has 1 saturated heterocycles. The number of nitrogens with zero attached hydrogens (tertiary/aromatic N) is 1. The largest absolute Gasteiger partial charge is 0.494 e. The van der Waals surface area contributed by atoms with Gasteiger partial charge in [0.05, 0.1) is 6.61 Å². The predicted molar refractivity (Wildman–Crippen MR) is 77.9 cm³/mol. The lowest BCUT2D eigenvalue weighted by Crippen LogP contribution is -2.40. The van der Waals surface area contributed by atoms with Gasteiger partial charge in [-0.15, -0.1) is 0 Å². The zero-order chi connectivity index (χ0) is 14.4. The first-order valence-corrected chi connectivity index (χ1v) is 7.37. The van der Waals surface area contributed by atoms with Gasteiger partial charge < -0.3 is 14.7 Å². The summed E-state index contributed by atoms with van der Waals surface area (Å²) >= 11 is 0. The lowest BCUT2D eigenvalue weighted by molar-refractivity contribution is 0.0653. The molecule has 0 spiro atoms. The molecule has 1 aliphatic rings. The van der Waals surface area contributed by atoms with Crippen LogP contribution >= 0.6 is 0 Å². The number of aliphatic hydroxyl groups is 1. The summed E-state index contributed by atoms with van der Waals surface area (Å²) in [6, 6.07) is 7.32. The molecule has 4 heteroatoms. The number of piperidine rings is 1. The second-order valence-corrected chi connectivity index (χ2v) is 5.23. The summed E-state index contributed by atoms with van der Waals surface area (Å²) in [4.78, 5) is 14.3. The van der Waals surface area contributed by atoms with Crippen LogP contribution < -0.4 is 4.74 Å². The van der Waals surface area contributed by atoms with Crippen LogP contribution in [0.4, 0.5) is 0 Å². The van der Waals surface area contributed by atoms with Crippen LogP contribution in [0.15, 0.2) is 24.3 Å². The fourth-order valence-electron chi connectivity index (χ4n) is 2.71. The van der Waals surface area contributed by atoms with Gasteiger partial charge in [-0.3, -0.25) is 4.79 Å². The molecule has 1 heterocycles. The average molecular weight is 277 g/mol. The van der Waals surface area contributed by atoms with Gasteiger partial charge in [-0.25, -0.2) is 0 Å². The zero-order valence-electron chi connectivity index (χ0n) is 12.0. The Hall–Kier alpha value is -1.55. The number of rotatable bonds is 5. The van der Waals surface area contributed by atoms with Crippen molar-refractivity contribution < 1.29 is 14.6 Å². The van der Waals surface area contributed by atoms with Crippen LogP contribution in [0.5, 0.6) is 5.75 Å². The molecule has 0 bridgehead atoms. The number of hydrogen-bond acceptors (Lipinski definition) is 3. The van der Waals surface area contributed by atoms with E-state index >= 15 is 0 Å². The Labute approximate surface area is 120 Å². The van der Waals surface area contributed by atoms with E-state index in [9.17, 15) is 4.79 Å². The second-order valence-electron chi connectivity index (χ2n) is 5.23. The molecular formula is C16H23NO3. The molecule has 20 heavy (non-hydrogen) atoms. The maximum absolute atomic E-state index is 12.4. The summed E-state index contributed by atoms with van der Waals surface area (Å²) in [6.45, 7) is 4.34. The third kappa shape index (κ3) is 3.73. The molecular weight excluding hydrogens is 254 g/mol. The normalized spacial score (nSPS) is 18.9. The molecule has 1 aromatic rings. The molecule has 0 aromatic heterocycles. The third-order valence-electron chi connectivity index (χ3n) is 3.76. The molecule has 0 radical (unpaired) electrons. The second kappa shape index (κ2) is 7.29. The molecule has 0 aliphatic carbocycles. The van der Waals surface area contributed by atoms with Gasteiger partial charge in [-0.2, -0.15) is 0 Å². The molecule has 1 amide bonds. The van der Waals surface area contributed by atoms with Crippen LogP contribution in [0, 0.1) is 5.92 Å². The highest BCUT2D eigenvalue weighted by Crippen LogP contribution is 2.21. The molecule has 1 unspecified atom stereocenters. The number of ether oxygens (including phenoxy) is 1. The molecule has 1 fully saturated rings. The number of carbonyl (C=O) groups excluding carboxylic acids is 1. The van der Waals surface area contributed by atoms with Crippen LogP contribution in [0.2, 0.25) is 0 Å². The highest BCUT2D eigenvalue weighted by Gasteiger charge is 2.24. The van der Waals surface area contributed by atoms with Gasteiger partial charge in [0.1, 0.15) is 5.75 Å². The minimum absolute atomic E-state index is 0.0793. The molecule has 1 atom stereocenters. The van der Waals surface area contributed by atoms with E-state index in [4.69, 9.17) is 9.84 Å². The first-order chi connectivity index (χ1) is 9.74. The number of aliphatic hydroxyl groups excluding tert-OH is 1. The summed E-state index contributed by atoms with van der Waals surface area (Å²) in [6.07, 6.45) is 2.91. The van der Waals surface area contributed by atoms with E-state index < -0.39 is 0 Å². The Kier molecular flexibility index (Phi) is 5.41. The van der Waals surface area contributed by atoms with Crippen LogP contribution in [0.3, 0.4) is 0 Å². The van der Waals surface area contributed by atoms with Crippen LogP contribution in [0.1, 0.15) is 36.5 Å². The first kappa shape index (κ1) is 14.9. The highest BCUT2D eigenvalue weighted by atomic mass is 16.5. The molecule has 1 aromatic carbocycles. The molecule has 0 saturated carbocycles. The van der Waals surface area contributed by atoms with Crippen molar-refractivity contribution in [1.82, 2.24) is 4.90 Å². The van der Waals surface area contributed by atoms with Crippen molar-refractivity contribution in [1.29, 1.82) is 0 Å². The molecule has 2 rings (SSSR count). The van der Waals surface area contributed by atoms with Crippen molar-refractivity contribution in [2.75, 3.05) is 26.3 Å². The van der Waals surface area contributed by atoms with Gasteiger partial charge in [0.25, 0.3) is 5.91 Å². The van der Waals surface area contributed by atoms with E-state index in [2.05, 4.69) is 0 Å².